The number of nitrogens with one attached hydrogen (secondary N) is 3. The van der Waals surface area contributed by atoms with Gasteiger partial charge in [-0.25, -0.2) is 0 Å². The summed E-state index contributed by atoms with van der Waals surface area (Å²) in [5.41, 5.74) is 7.25. The number of aromatic amines is 1. The molecule has 0 spiro atoms. The lowest BCUT2D eigenvalue weighted by molar-refractivity contribution is -0.110. The molecule has 194 valence electrons. The smallest absolute Gasteiger partial charge is 0.256 e. The third-order valence-electron chi connectivity index (χ3n) is 6.96. The predicted molar refractivity (Wildman–Crippen MR) is 156 cm³/mol. The van der Waals surface area contributed by atoms with Crippen LogP contribution in [0.25, 0.3) is 22.8 Å². The van der Waals surface area contributed by atoms with Gasteiger partial charge in [-0.2, -0.15) is 0 Å². The average Bonchev–Trinajstić information content (AvgIpc) is 3.31. The van der Waals surface area contributed by atoms with Gasteiger partial charge in [0.2, 0.25) is 0 Å². The molecule has 1 aliphatic heterocycles. The molecule has 0 fully saturated rings. The summed E-state index contributed by atoms with van der Waals surface area (Å²) in [5, 5.41) is 6.08. The number of hydrogen-bond donors (Lipinski definition) is 3. The number of hydrogen-bond acceptors (Lipinski definition) is 3. The van der Waals surface area contributed by atoms with Crippen LogP contribution >= 0.6 is 15.9 Å². The van der Waals surface area contributed by atoms with Crippen LogP contribution in [0.4, 0.5) is 5.69 Å². The molecule has 0 saturated carbocycles. The van der Waals surface area contributed by atoms with Crippen LogP contribution in [0.5, 0.6) is 0 Å². The van der Waals surface area contributed by atoms with E-state index in [1.165, 1.54) is 0 Å². The first-order chi connectivity index (χ1) is 17.6. The Balaban J connectivity index is 1.63. The molecular weight excluding hydrogens is 528 g/mol. The van der Waals surface area contributed by atoms with Crippen LogP contribution < -0.4 is 10.6 Å². The van der Waals surface area contributed by atoms with E-state index in [1.807, 2.05) is 62.4 Å². The lowest BCUT2D eigenvalue weighted by atomic mass is 9.94. The minimum absolute atomic E-state index is 0.102. The molecule has 3 N–H and O–H groups in total. The van der Waals surface area contributed by atoms with Crippen molar-refractivity contribution >= 4 is 45.1 Å². The highest BCUT2D eigenvalue weighted by atomic mass is 79.9. The van der Waals surface area contributed by atoms with Crippen molar-refractivity contribution in [2.24, 2.45) is 0 Å². The summed E-state index contributed by atoms with van der Waals surface area (Å²) >= 11 is 3.49. The maximum atomic E-state index is 13.1. The number of nitrogens with zero attached hydrogens (tertiary/aromatic N) is 1. The van der Waals surface area contributed by atoms with Crippen molar-refractivity contribution in [3.63, 3.8) is 0 Å². The van der Waals surface area contributed by atoms with Crippen LogP contribution in [0, 0.1) is 13.8 Å². The molecule has 0 radical (unpaired) electrons. The molecule has 3 aromatic rings. The molecule has 2 amide bonds. The fourth-order valence-corrected chi connectivity index (χ4v) is 5.42. The summed E-state index contributed by atoms with van der Waals surface area (Å²) in [4.78, 5) is 31.9. The van der Waals surface area contributed by atoms with Gasteiger partial charge in [-0.15, -0.1) is 0 Å². The van der Waals surface area contributed by atoms with Crippen molar-refractivity contribution in [1.82, 2.24) is 15.2 Å². The molecule has 1 aromatic heterocycles. The van der Waals surface area contributed by atoms with Gasteiger partial charge in [-0.05, 0) is 82.5 Å². The molecule has 7 heteroatoms. The Morgan fingerprint density at radius 3 is 2.38 bits per heavy atom. The first kappa shape index (κ1) is 26.9. The van der Waals surface area contributed by atoms with Crippen molar-refractivity contribution in [1.29, 1.82) is 0 Å². The summed E-state index contributed by atoms with van der Waals surface area (Å²) in [6.07, 6.45) is 1.86. The van der Waals surface area contributed by atoms with Gasteiger partial charge >= 0.3 is 0 Å². The molecule has 6 nitrogen and oxygen atoms in total. The maximum Gasteiger partial charge on any atom is 0.256 e. The van der Waals surface area contributed by atoms with E-state index in [0.717, 1.165) is 50.3 Å². The second kappa shape index (κ2) is 11.1. The number of H-pyrrole nitrogens is 1. The van der Waals surface area contributed by atoms with Gasteiger partial charge in [0, 0.05) is 52.3 Å². The number of aryl methyl sites for hydroxylation is 1. The summed E-state index contributed by atoms with van der Waals surface area (Å²) in [6, 6.07) is 14.8. The maximum absolute atomic E-state index is 13.1. The molecule has 0 saturated heterocycles. The number of carbonyl (C=O) groups excluding carboxylic acids is 2. The van der Waals surface area contributed by atoms with Gasteiger partial charge < -0.3 is 15.6 Å². The minimum atomic E-state index is -0.153. The van der Waals surface area contributed by atoms with Crippen LogP contribution in [-0.4, -0.2) is 46.9 Å². The molecule has 37 heavy (non-hydrogen) atoms. The van der Waals surface area contributed by atoms with E-state index < -0.39 is 0 Å². The molecule has 2 heterocycles. The SMILES string of the molecule is Cc1[nH]c(C=C2C(=O)Nc3cccc(-c4ccc(Br)cc4)c32)c(C)c1C(=O)NCCN(C(C)C)C(C)C. The first-order valence-electron chi connectivity index (χ1n) is 12.7. The third-order valence-corrected chi connectivity index (χ3v) is 7.48. The quantitative estimate of drug-likeness (QED) is 0.278. The van der Waals surface area contributed by atoms with E-state index in [-0.39, 0.29) is 11.8 Å². The van der Waals surface area contributed by atoms with Gasteiger partial charge in [0.25, 0.3) is 11.8 Å². The zero-order valence-corrected chi connectivity index (χ0v) is 23.9. The van der Waals surface area contributed by atoms with E-state index in [9.17, 15) is 9.59 Å². The summed E-state index contributed by atoms with van der Waals surface area (Å²) in [6.45, 7) is 13.9. The summed E-state index contributed by atoms with van der Waals surface area (Å²) < 4.78 is 0.998. The second-order valence-corrected chi connectivity index (χ2v) is 11.0. The Morgan fingerprint density at radius 1 is 1.05 bits per heavy atom. The topological polar surface area (TPSA) is 77.2 Å². The number of anilines is 1. The number of halogens is 1. The molecule has 0 unspecified atom stereocenters. The zero-order valence-electron chi connectivity index (χ0n) is 22.3. The molecule has 1 aliphatic rings. The summed E-state index contributed by atoms with van der Waals surface area (Å²) in [5.74, 6) is -0.255. The van der Waals surface area contributed by atoms with E-state index in [2.05, 4.69) is 64.1 Å². The molecule has 4 rings (SSSR count). The standard InChI is InChI=1S/C30H35BrN4O2/c1-17(2)35(18(3)4)15-14-32-30(37)27-19(5)26(33-20(27)6)16-24-28-23(21-10-12-22(31)13-11-21)8-7-9-25(28)34-29(24)36/h7-13,16-18,33H,14-15H2,1-6H3,(H,32,37)(H,34,36). The number of aromatic nitrogens is 1. The third kappa shape index (κ3) is 5.58. The molecule has 2 aromatic carbocycles. The fraction of sp³-hybridized carbons (Fsp3) is 0.333. The highest BCUT2D eigenvalue weighted by Crippen LogP contribution is 2.41. The van der Waals surface area contributed by atoms with Crippen LogP contribution in [-0.2, 0) is 4.79 Å². The van der Waals surface area contributed by atoms with Gasteiger partial charge in [-0.3, -0.25) is 14.5 Å². The predicted octanol–water partition coefficient (Wildman–Crippen LogP) is 6.40. The number of rotatable bonds is 8. The Morgan fingerprint density at radius 2 is 1.73 bits per heavy atom. The fourth-order valence-electron chi connectivity index (χ4n) is 5.16. The van der Waals surface area contributed by atoms with Gasteiger partial charge in [0.05, 0.1) is 11.1 Å². The monoisotopic (exact) mass is 562 g/mol. The van der Waals surface area contributed by atoms with Crippen LogP contribution in [0.15, 0.2) is 46.9 Å². The van der Waals surface area contributed by atoms with Gasteiger partial charge in [-0.1, -0.05) is 40.2 Å². The van der Waals surface area contributed by atoms with Crippen molar-refractivity contribution < 1.29 is 9.59 Å². The van der Waals surface area contributed by atoms with E-state index in [0.29, 0.717) is 29.8 Å². The normalized spacial score (nSPS) is 14.1. The van der Waals surface area contributed by atoms with Gasteiger partial charge in [0.1, 0.15) is 0 Å². The minimum Gasteiger partial charge on any atom is -0.358 e. The summed E-state index contributed by atoms with van der Waals surface area (Å²) in [7, 11) is 0. The van der Waals surface area contributed by atoms with Crippen molar-refractivity contribution in [2.45, 2.75) is 53.6 Å². The van der Waals surface area contributed by atoms with Crippen molar-refractivity contribution in [3.8, 4) is 11.1 Å². The second-order valence-electron chi connectivity index (χ2n) is 10.1. The van der Waals surface area contributed by atoms with E-state index in [1.54, 1.807) is 0 Å². The van der Waals surface area contributed by atoms with Crippen LogP contribution in [0.2, 0.25) is 0 Å². The van der Waals surface area contributed by atoms with Crippen molar-refractivity contribution in [3.05, 3.63) is 75.0 Å². The molecule has 0 bridgehead atoms. The number of fused-ring (bicyclic) bond motifs is 1. The lowest BCUT2D eigenvalue weighted by Crippen LogP contribution is -2.42. The average molecular weight is 564 g/mol. The molecule has 0 atom stereocenters. The highest BCUT2D eigenvalue weighted by molar-refractivity contribution is 9.10. The zero-order chi connectivity index (χ0) is 26.9. The Kier molecular flexibility index (Phi) is 8.05. The highest BCUT2D eigenvalue weighted by Gasteiger charge is 2.28. The van der Waals surface area contributed by atoms with Crippen LogP contribution in [0.3, 0.4) is 0 Å². The number of benzene rings is 2. The van der Waals surface area contributed by atoms with E-state index in [4.69, 9.17) is 0 Å². The van der Waals surface area contributed by atoms with Crippen LogP contribution in [0.1, 0.15) is 60.6 Å². The first-order valence-corrected chi connectivity index (χ1v) is 13.5. The Hall–Kier alpha value is -3.16. The Labute approximate surface area is 227 Å². The molecule has 0 aliphatic carbocycles. The number of carbonyl (C=O) groups is 2. The van der Waals surface area contributed by atoms with Crippen molar-refractivity contribution in [2.75, 3.05) is 18.4 Å². The number of amides is 2. The lowest BCUT2D eigenvalue weighted by Gasteiger charge is -2.30. The largest absolute Gasteiger partial charge is 0.358 e. The van der Waals surface area contributed by atoms with E-state index >= 15 is 0 Å². The Bertz CT molecular complexity index is 1340. The van der Waals surface area contributed by atoms with Gasteiger partial charge in [0.15, 0.2) is 0 Å². The molecular formula is C30H35BrN4O2.